The van der Waals surface area contributed by atoms with Gasteiger partial charge in [-0.05, 0) is 36.2 Å². The number of benzene rings is 2. The van der Waals surface area contributed by atoms with Gasteiger partial charge < -0.3 is 9.73 Å². The van der Waals surface area contributed by atoms with E-state index in [1.54, 1.807) is 35.1 Å². The van der Waals surface area contributed by atoms with Gasteiger partial charge in [0.15, 0.2) is 0 Å². The Kier molecular flexibility index (Phi) is 4.53. The van der Waals surface area contributed by atoms with E-state index in [0.29, 0.717) is 23.9 Å². The summed E-state index contributed by atoms with van der Waals surface area (Å²) in [5.74, 6) is -0.440. The first-order chi connectivity index (χ1) is 13.2. The molecule has 6 heteroatoms. The minimum Gasteiger partial charge on any atom is -0.422 e. The highest BCUT2D eigenvalue weighted by Gasteiger charge is 2.13. The van der Waals surface area contributed by atoms with E-state index in [1.165, 1.54) is 0 Å². The van der Waals surface area contributed by atoms with Crippen LogP contribution in [-0.2, 0) is 6.42 Å². The third-order valence-corrected chi connectivity index (χ3v) is 4.24. The zero-order valence-electron chi connectivity index (χ0n) is 14.5. The fourth-order valence-electron chi connectivity index (χ4n) is 2.85. The summed E-state index contributed by atoms with van der Waals surface area (Å²) >= 11 is 0. The van der Waals surface area contributed by atoms with Crippen LogP contribution in [0.5, 0.6) is 0 Å². The number of para-hydroxylation sites is 2. The zero-order valence-corrected chi connectivity index (χ0v) is 14.5. The first-order valence-corrected chi connectivity index (χ1v) is 8.61. The van der Waals surface area contributed by atoms with Crippen molar-refractivity contribution in [2.24, 2.45) is 0 Å². The lowest BCUT2D eigenvalue weighted by Crippen LogP contribution is -2.29. The van der Waals surface area contributed by atoms with Gasteiger partial charge in [-0.1, -0.05) is 36.4 Å². The van der Waals surface area contributed by atoms with Crippen LogP contribution in [-0.4, -0.2) is 22.2 Å². The van der Waals surface area contributed by atoms with Crippen molar-refractivity contribution < 1.29 is 9.21 Å². The molecule has 0 fully saturated rings. The van der Waals surface area contributed by atoms with Crippen molar-refractivity contribution in [3.05, 3.63) is 94.6 Å². The van der Waals surface area contributed by atoms with E-state index in [1.807, 2.05) is 42.6 Å². The Morgan fingerprint density at radius 2 is 1.85 bits per heavy atom. The Balaban J connectivity index is 1.41. The third kappa shape index (κ3) is 3.64. The van der Waals surface area contributed by atoms with Crippen LogP contribution >= 0.6 is 0 Å². The first-order valence-electron chi connectivity index (χ1n) is 8.61. The van der Waals surface area contributed by atoms with Crippen molar-refractivity contribution >= 4 is 16.9 Å². The molecule has 1 N–H and O–H groups in total. The molecule has 4 rings (SSSR count). The molecule has 0 bridgehead atoms. The number of carbonyl (C=O) groups excluding carboxylic acids is 1. The molecule has 0 aliphatic carbocycles. The van der Waals surface area contributed by atoms with Gasteiger partial charge >= 0.3 is 5.63 Å². The van der Waals surface area contributed by atoms with Gasteiger partial charge in [-0.15, -0.1) is 0 Å². The molecule has 2 heterocycles. The van der Waals surface area contributed by atoms with E-state index < -0.39 is 11.5 Å². The molecule has 0 aliphatic heterocycles. The number of aromatic nitrogens is 2. The zero-order chi connectivity index (χ0) is 18.6. The quantitative estimate of drug-likeness (QED) is 0.556. The van der Waals surface area contributed by atoms with Gasteiger partial charge in [-0.2, -0.15) is 5.10 Å². The van der Waals surface area contributed by atoms with Crippen molar-refractivity contribution in [3.63, 3.8) is 0 Å². The Bertz CT molecular complexity index is 1150. The van der Waals surface area contributed by atoms with Crippen LogP contribution in [0.25, 0.3) is 16.7 Å². The Morgan fingerprint density at radius 3 is 2.70 bits per heavy atom. The molecule has 2 aromatic carbocycles. The lowest BCUT2D eigenvalue weighted by molar-refractivity contribution is 0.0950. The lowest BCUT2D eigenvalue weighted by Gasteiger charge is -2.04. The van der Waals surface area contributed by atoms with Crippen molar-refractivity contribution in [1.82, 2.24) is 15.1 Å². The maximum Gasteiger partial charge on any atom is 0.349 e. The van der Waals surface area contributed by atoms with Crippen LogP contribution in [0.1, 0.15) is 15.9 Å². The highest BCUT2D eigenvalue weighted by atomic mass is 16.4. The molecule has 134 valence electrons. The highest BCUT2D eigenvalue weighted by Crippen LogP contribution is 2.12. The molecule has 1 amide bonds. The average molecular weight is 359 g/mol. The predicted molar refractivity (Wildman–Crippen MR) is 102 cm³/mol. The molecular formula is C21H17N3O3. The Labute approximate surface area is 155 Å². The molecule has 0 saturated carbocycles. The number of nitrogens with one attached hydrogen (secondary N) is 1. The Morgan fingerprint density at radius 1 is 1.07 bits per heavy atom. The van der Waals surface area contributed by atoms with Crippen LogP contribution in [0, 0.1) is 0 Å². The van der Waals surface area contributed by atoms with Gasteiger partial charge in [0.25, 0.3) is 5.91 Å². The maximum atomic E-state index is 12.3. The van der Waals surface area contributed by atoms with E-state index in [4.69, 9.17) is 4.42 Å². The molecule has 6 nitrogen and oxygen atoms in total. The second-order valence-corrected chi connectivity index (χ2v) is 6.12. The smallest absolute Gasteiger partial charge is 0.349 e. The van der Waals surface area contributed by atoms with Crippen LogP contribution in [0.3, 0.4) is 0 Å². The van der Waals surface area contributed by atoms with Gasteiger partial charge in [0.05, 0.1) is 11.9 Å². The molecule has 0 unspecified atom stereocenters. The standard InChI is InChI=1S/C21H17N3O3/c25-20(18-12-16-6-4-5-9-19(16)27-21(18)26)22-11-10-15-13-23-24(14-15)17-7-2-1-3-8-17/h1-9,12-14H,10-11H2,(H,22,25). The number of carbonyl (C=O) groups is 1. The summed E-state index contributed by atoms with van der Waals surface area (Å²) in [4.78, 5) is 24.4. The fourth-order valence-corrected chi connectivity index (χ4v) is 2.85. The van der Waals surface area contributed by atoms with E-state index in [9.17, 15) is 9.59 Å². The first kappa shape index (κ1) is 16.8. The van der Waals surface area contributed by atoms with Crippen LogP contribution in [0.2, 0.25) is 0 Å². The second-order valence-electron chi connectivity index (χ2n) is 6.12. The molecule has 2 aromatic heterocycles. The summed E-state index contributed by atoms with van der Waals surface area (Å²) < 4.78 is 6.99. The molecule has 0 saturated heterocycles. The summed E-state index contributed by atoms with van der Waals surface area (Å²) in [6, 6.07) is 18.5. The topological polar surface area (TPSA) is 77.1 Å². The molecule has 0 atom stereocenters. The Hall–Kier alpha value is -3.67. The van der Waals surface area contributed by atoms with Gasteiger partial charge in [-0.25, -0.2) is 9.48 Å². The van der Waals surface area contributed by atoms with E-state index in [2.05, 4.69) is 10.4 Å². The number of hydrogen-bond donors (Lipinski definition) is 1. The number of hydrogen-bond acceptors (Lipinski definition) is 4. The van der Waals surface area contributed by atoms with E-state index in [-0.39, 0.29) is 5.56 Å². The second kappa shape index (κ2) is 7.29. The van der Waals surface area contributed by atoms with Crippen molar-refractivity contribution in [2.45, 2.75) is 6.42 Å². The average Bonchev–Trinajstić information content (AvgIpc) is 3.17. The largest absolute Gasteiger partial charge is 0.422 e. The minimum absolute atomic E-state index is 0.00804. The SMILES string of the molecule is O=C(NCCc1cnn(-c2ccccc2)c1)c1cc2ccccc2oc1=O. The molecule has 27 heavy (non-hydrogen) atoms. The van der Waals surface area contributed by atoms with Crippen molar-refractivity contribution in [3.8, 4) is 5.69 Å². The van der Waals surface area contributed by atoms with Gasteiger partial charge in [-0.3, -0.25) is 4.79 Å². The predicted octanol–water partition coefficient (Wildman–Crippen LogP) is 2.95. The third-order valence-electron chi connectivity index (χ3n) is 4.24. The van der Waals surface area contributed by atoms with Crippen LogP contribution in [0.4, 0.5) is 0 Å². The molecule has 0 aliphatic rings. The summed E-state index contributed by atoms with van der Waals surface area (Å²) in [6.45, 7) is 0.394. The fraction of sp³-hybridized carbons (Fsp3) is 0.0952. The summed E-state index contributed by atoms with van der Waals surface area (Å²) in [7, 11) is 0. The van der Waals surface area contributed by atoms with E-state index >= 15 is 0 Å². The molecule has 0 radical (unpaired) electrons. The van der Waals surface area contributed by atoms with Gasteiger partial charge in [0.2, 0.25) is 0 Å². The molecule has 0 spiro atoms. The van der Waals surface area contributed by atoms with Gasteiger partial charge in [0, 0.05) is 18.1 Å². The number of rotatable bonds is 5. The number of fused-ring (bicyclic) bond motifs is 1. The number of nitrogens with zero attached hydrogens (tertiary/aromatic N) is 2. The molecule has 4 aromatic rings. The van der Waals surface area contributed by atoms with E-state index in [0.717, 1.165) is 11.3 Å². The normalized spacial score (nSPS) is 10.8. The van der Waals surface area contributed by atoms with Crippen molar-refractivity contribution in [1.29, 1.82) is 0 Å². The maximum absolute atomic E-state index is 12.3. The van der Waals surface area contributed by atoms with Crippen LogP contribution < -0.4 is 10.9 Å². The monoisotopic (exact) mass is 359 g/mol. The minimum atomic E-state index is -0.636. The highest BCUT2D eigenvalue weighted by molar-refractivity contribution is 5.96. The lowest BCUT2D eigenvalue weighted by atomic mass is 10.1. The van der Waals surface area contributed by atoms with Gasteiger partial charge in [0.1, 0.15) is 11.1 Å². The summed E-state index contributed by atoms with van der Waals surface area (Å²) in [5.41, 5.74) is 1.80. The van der Waals surface area contributed by atoms with Crippen molar-refractivity contribution in [2.75, 3.05) is 6.54 Å². The molecular weight excluding hydrogens is 342 g/mol. The summed E-state index contributed by atoms with van der Waals surface area (Å²) in [6.07, 6.45) is 4.30. The summed E-state index contributed by atoms with van der Waals surface area (Å²) in [5, 5.41) is 7.81. The number of amides is 1. The van der Waals surface area contributed by atoms with Crippen LogP contribution in [0.15, 0.2) is 82.3 Å².